The molecule has 1 atom stereocenters. The minimum absolute atomic E-state index is 0.0943. The highest BCUT2D eigenvalue weighted by Crippen LogP contribution is 2.34. The summed E-state index contributed by atoms with van der Waals surface area (Å²) in [7, 11) is 0. The van der Waals surface area contributed by atoms with Crippen molar-refractivity contribution in [2.45, 2.75) is 19.6 Å². The number of non-ortho nitro benzene ring substituents is 1. The van der Waals surface area contributed by atoms with Crippen molar-refractivity contribution < 1.29 is 23.2 Å². The highest BCUT2D eigenvalue weighted by atomic mass is 32.1. The third-order valence-corrected chi connectivity index (χ3v) is 4.52. The summed E-state index contributed by atoms with van der Waals surface area (Å²) >= 11 is 5.16. The van der Waals surface area contributed by atoms with Gasteiger partial charge in [0.2, 0.25) is 0 Å². The maximum atomic E-state index is 13.0. The van der Waals surface area contributed by atoms with Gasteiger partial charge < -0.3 is 20.7 Å². The lowest BCUT2D eigenvalue weighted by atomic mass is 9.94. The first-order valence-corrected chi connectivity index (χ1v) is 9.05. The van der Waals surface area contributed by atoms with Gasteiger partial charge in [-0.2, -0.15) is 8.78 Å². The molecule has 0 radical (unpaired) electrons. The van der Waals surface area contributed by atoms with E-state index in [0.717, 1.165) is 0 Å². The van der Waals surface area contributed by atoms with E-state index >= 15 is 0 Å². The molecule has 1 heterocycles. The summed E-state index contributed by atoms with van der Waals surface area (Å²) in [5.41, 5.74) is 1.14. The minimum Gasteiger partial charge on any atom is -0.434 e. The first-order valence-electron chi connectivity index (χ1n) is 8.64. The quantitative estimate of drug-likeness (QED) is 0.362. The molecule has 0 saturated carbocycles. The molecular formula is C19H16F2N4O4S. The Bertz CT molecular complexity index is 1030. The highest BCUT2D eigenvalue weighted by Gasteiger charge is 2.32. The lowest BCUT2D eigenvalue weighted by Crippen LogP contribution is -2.45. The number of ether oxygens (including phenoxy) is 1. The summed E-state index contributed by atoms with van der Waals surface area (Å²) in [5.74, 6) is -0.635. The van der Waals surface area contributed by atoms with Crippen LogP contribution in [0.25, 0.3) is 0 Å². The second-order valence-corrected chi connectivity index (χ2v) is 6.65. The Hall–Kier alpha value is -3.60. The number of carbonyl (C=O) groups is 1. The molecular weight excluding hydrogens is 418 g/mol. The van der Waals surface area contributed by atoms with Crippen molar-refractivity contribution in [1.82, 2.24) is 10.6 Å². The van der Waals surface area contributed by atoms with Crippen LogP contribution in [0, 0.1) is 10.1 Å². The summed E-state index contributed by atoms with van der Waals surface area (Å²) in [6, 6.07) is 10.5. The van der Waals surface area contributed by atoms with Gasteiger partial charge in [0.25, 0.3) is 11.6 Å². The Morgan fingerprint density at radius 3 is 2.53 bits per heavy atom. The van der Waals surface area contributed by atoms with Crippen molar-refractivity contribution in [3.63, 3.8) is 0 Å². The molecule has 30 heavy (non-hydrogen) atoms. The number of allylic oxidation sites excluding steroid dienone is 1. The molecule has 0 fully saturated rings. The van der Waals surface area contributed by atoms with Crippen LogP contribution in [0.15, 0.2) is 59.8 Å². The lowest BCUT2D eigenvalue weighted by molar-refractivity contribution is -0.384. The molecule has 3 N–H and O–H groups in total. The third-order valence-electron chi connectivity index (χ3n) is 4.30. The Labute approximate surface area is 175 Å². The van der Waals surface area contributed by atoms with Gasteiger partial charge in [-0.15, -0.1) is 0 Å². The van der Waals surface area contributed by atoms with Gasteiger partial charge in [0, 0.05) is 29.1 Å². The Morgan fingerprint density at radius 2 is 1.90 bits per heavy atom. The minimum atomic E-state index is -3.04. The second kappa shape index (κ2) is 8.82. The first-order chi connectivity index (χ1) is 14.3. The molecule has 3 rings (SSSR count). The summed E-state index contributed by atoms with van der Waals surface area (Å²) < 4.78 is 30.3. The van der Waals surface area contributed by atoms with Crippen LogP contribution in [0.1, 0.15) is 18.5 Å². The number of anilines is 1. The fraction of sp³-hybridized carbons (Fsp3) is 0.158. The Morgan fingerprint density at radius 1 is 1.23 bits per heavy atom. The Kier molecular flexibility index (Phi) is 6.21. The topological polar surface area (TPSA) is 106 Å². The van der Waals surface area contributed by atoms with Gasteiger partial charge in [0.05, 0.1) is 16.5 Å². The molecule has 0 bridgehead atoms. The van der Waals surface area contributed by atoms with Crippen LogP contribution in [0.5, 0.6) is 5.75 Å². The van der Waals surface area contributed by atoms with E-state index in [0.29, 0.717) is 16.9 Å². The van der Waals surface area contributed by atoms with Gasteiger partial charge >= 0.3 is 6.61 Å². The van der Waals surface area contributed by atoms with Gasteiger partial charge in [-0.3, -0.25) is 14.9 Å². The number of hydrogen-bond donors (Lipinski definition) is 3. The standard InChI is InChI=1S/C19H16F2N4O4S/c1-10-15(17(26)23-11-6-8-12(9-7-11)25(27)28)16(24-19(30)22-10)13-4-2-3-5-14(13)29-18(20)21/h2-9,16,18H,1H3,(H,23,26)(H2,22,24,30). The number of alkyl halides is 2. The zero-order valence-electron chi connectivity index (χ0n) is 15.5. The average molecular weight is 434 g/mol. The molecule has 0 saturated heterocycles. The van der Waals surface area contributed by atoms with Crippen molar-refractivity contribution in [2.24, 2.45) is 0 Å². The van der Waals surface area contributed by atoms with Gasteiger partial charge in [-0.25, -0.2) is 0 Å². The van der Waals surface area contributed by atoms with Gasteiger partial charge in [-0.05, 0) is 37.3 Å². The number of para-hydroxylation sites is 1. The van der Waals surface area contributed by atoms with E-state index in [4.69, 9.17) is 12.2 Å². The van der Waals surface area contributed by atoms with E-state index in [1.165, 1.54) is 36.4 Å². The number of carbonyl (C=O) groups excluding carboxylic acids is 1. The predicted octanol–water partition coefficient (Wildman–Crippen LogP) is 3.63. The van der Waals surface area contributed by atoms with Crippen LogP contribution < -0.4 is 20.7 Å². The lowest BCUT2D eigenvalue weighted by Gasteiger charge is -2.31. The Balaban J connectivity index is 1.94. The molecule has 2 aromatic rings. The van der Waals surface area contributed by atoms with Gasteiger partial charge in [0.15, 0.2) is 5.11 Å². The van der Waals surface area contributed by atoms with Crippen molar-refractivity contribution in [2.75, 3.05) is 5.32 Å². The molecule has 11 heteroatoms. The summed E-state index contributed by atoms with van der Waals surface area (Å²) in [6.07, 6.45) is 0. The fourth-order valence-electron chi connectivity index (χ4n) is 3.02. The predicted molar refractivity (Wildman–Crippen MR) is 109 cm³/mol. The number of hydrogen-bond acceptors (Lipinski definition) is 5. The number of thiocarbonyl (C=S) groups is 1. The number of amides is 1. The van der Waals surface area contributed by atoms with Crippen LogP contribution in [0.4, 0.5) is 20.2 Å². The molecule has 1 aliphatic heterocycles. The largest absolute Gasteiger partial charge is 0.434 e. The van der Waals surface area contributed by atoms with E-state index in [-0.39, 0.29) is 22.1 Å². The SMILES string of the molecule is CC1=C(C(=O)Nc2ccc([N+](=O)[O-])cc2)C(c2ccccc2OC(F)F)NC(=S)N1. The highest BCUT2D eigenvalue weighted by molar-refractivity contribution is 7.80. The fourth-order valence-corrected chi connectivity index (χ4v) is 3.29. The van der Waals surface area contributed by atoms with Crippen LogP contribution in [-0.4, -0.2) is 22.6 Å². The van der Waals surface area contributed by atoms with Crippen LogP contribution in [0.2, 0.25) is 0 Å². The van der Waals surface area contributed by atoms with E-state index in [9.17, 15) is 23.7 Å². The maximum Gasteiger partial charge on any atom is 0.387 e. The summed E-state index contributed by atoms with van der Waals surface area (Å²) in [6.45, 7) is -1.41. The number of nitro benzene ring substituents is 1. The zero-order chi connectivity index (χ0) is 21.8. The molecule has 0 spiro atoms. The molecule has 0 aliphatic carbocycles. The molecule has 2 aromatic carbocycles. The first kappa shape index (κ1) is 21.1. The van der Waals surface area contributed by atoms with Crippen molar-refractivity contribution in [3.05, 3.63) is 75.5 Å². The number of nitro groups is 1. The number of rotatable bonds is 6. The molecule has 8 nitrogen and oxygen atoms in total. The summed E-state index contributed by atoms with van der Waals surface area (Å²) in [5, 5.41) is 19.4. The normalized spacial score (nSPS) is 16.0. The number of benzene rings is 2. The van der Waals surface area contributed by atoms with Crippen LogP contribution in [-0.2, 0) is 4.79 Å². The molecule has 156 valence electrons. The molecule has 1 unspecified atom stereocenters. The maximum absolute atomic E-state index is 13.0. The van der Waals surface area contributed by atoms with Crippen molar-refractivity contribution in [3.8, 4) is 5.75 Å². The average Bonchev–Trinajstić information content (AvgIpc) is 2.67. The van der Waals surface area contributed by atoms with Crippen molar-refractivity contribution in [1.29, 1.82) is 0 Å². The molecule has 1 amide bonds. The summed E-state index contributed by atoms with van der Waals surface area (Å²) in [4.78, 5) is 23.2. The molecule has 0 aromatic heterocycles. The number of nitrogens with zero attached hydrogens (tertiary/aromatic N) is 1. The number of halogens is 2. The van der Waals surface area contributed by atoms with E-state index in [1.54, 1.807) is 19.1 Å². The van der Waals surface area contributed by atoms with E-state index in [2.05, 4.69) is 20.7 Å². The van der Waals surface area contributed by atoms with Gasteiger partial charge in [-0.1, -0.05) is 18.2 Å². The van der Waals surface area contributed by atoms with Crippen molar-refractivity contribution >= 4 is 34.6 Å². The van der Waals surface area contributed by atoms with Crippen LogP contribution in [0.3, 0.4) is 0 Å². The zero-order valence-corrected chi connectivity index (χ0v) is 16.3. The van der Waals surface area contributed by atoms with Gasteiger partial charge in [0.1, 0.15) is 5.75 Å². The molecule has 1 aliphatic rings. The van der Waals surface area contributed by atoms with E-state index < -0.39 is 23.5 Å². The van der Waals surface area contributed by atoms with Crippen LogP contribution >= 0.6 is 12.2 Å². The second-order valence-electron chi connectivity index (χ2n) is 6.24. The smallest absolute Gasteiger partial charge is 0.387 e. The monoisotopic (exact) mass is 434 g/mol. The number of nitrogens with one attached hydrogen (secondary N) is 3. The third kappa shape index (κ3) is 4.69. The van der Waals surface area contributed by atoms with E-state index in [1.807, 2.05) is 0 Å².